The minimum absolute atomic E-state index is 0.0196. The number of aromatic nitrogens is 2. The Labute approximate surface area is 240 Å². The van der Waals surface area contributed by atoms with Crippen molar-refractivity contribution >= 4 is 38.9 Å². The molecule has 0 spiro atoms. The highest BCUT2D eigenvalue weighted by Crippen LogP contribution is 2.50. The lowest BCUT2D eigenvalue weighted by Gasteiger charge is -2.27. The van der Waals surface area contributed by atoms with Crippen molar-refractivity contribution in [3.05, 3.63) is 151 Å². The fraction of sp³-hybridized carbons (Fsp3) is 0.0789. The van der Waals surface area contributed by atoms with Crippen molar-refractivity contribution in [1.82, 2.24) is 9.55 Å². The Bertz CT molecular complexity index is 2070. The standard InChI is InChI=1S/C38H29N3/c1-38(2)33-16-8-6-14-29(33)31-24-27(19-21-34(31)38)40(26-12-4-3-5-13-26)28-20-22-36-32(25-28)30-15-7-9-17-35(30)41(36)37-18-10-11-23-39-37/h3-25H,1-2H3. The molecule has 5 aromatic carbocycles. The highest BCUT2D eigenvalue weighted by atomic mass is 15.1. The third-order valence-corrected chi connectivity index (χ3v) is 8.63. The second-order valence-electron chi connectivity index (χ2n) is 11.3. The van der Waals surface area contributed by atoms with Crippen molar-refractivity contribution in [2.75, 3.05) is 4.90 Å². The van der Waals surface area contributed by atoms with Crippen LogP contribution in [-0.4, -0.2) is 9.55 Å². The van der Waals surface area contributed by atoms with Crippen LogP contribution in [0.3, 0.4) is 0 Å². The predicted molar refractivity (Wildman–Crippen MR) is 171 cm³/mol. The van der Waals surface area contributed by atoms with Gasteiger partial charge in [-0.15, -0.1) is 0 Å². The van der Waals surface area contributed by atoms with Crippen LogP contribution < -0.4 is 4.90 Å². The number of benzene rings is 5. The predicted octanol–water partition coefficient (Wildman–Crippen LogP) is 9.95. The topological polar surface area (TPSA) is 21.1 Å². The van der Waals surface area contributed by atoms with Gasteiger partial charge in [0, 0.05) is 39.4 Å². The molecule has 196 valence electrons. The van der Waals surface area contributed by atoms with Gasteiger partial charge >= 0.3 is 0 Å². The summed E-state index contributed by atoms with van der Waals surface area (Å²) in [5.41, 5.74) is 11.1. The second kappa shape index (κ2) is 8.94. The Balaban J connectivity index is 1.36. The first-order chi connectivity index (χ1) is 20.1. The average molecular weight is 528 g/mol. The molecule has 0 N–H and O–H groups in total. The van der Waals surface area contributed by atoms with E-state index in [1.54, 1.807) is 0 Å². The van der Waals surface area contributed by atoms with Crippen molar-refractivity contribution in [3.8, 4) is 16.9 Å². The summed E-state index contributed by atoms with van der Waals surface area (Å²) in [4.78, 5) is 7.07. The molecule has 7 aromatic rings. The van der Waals surface area contributed by atoms with Crippen LogP contribution in [0.25, 0.3) is 38.8 Å². The third-order valence-electron chi connectivity index (χ3n) is 8.63. The molecule has 0 radical (unpaired) electrons. The van der Waals surface area contributed by atoms with E-state index in [-0.39, 0.29) is 5.41 Å². The number of hydrogen-bond acceptors (Lipinski definition) is 2. The minimum Gasteiger partial charge on any atom is -0.310 e. The smallest absolute Gasteiger partial charge is 0.137 e. The van der Waals surface area contributed by atoms with E-state index in [0.29, 0.717) is 0 Å². The van der Waals surface area contributed by atoms with Gasteiger partial charge in [-0.25, -0.2) is 4.98 Å². The molecular weight excluding hydrogens is 498 g/mol. The molecule has 0 saturated carbocycles. The fourth-order valence-corrected chi connectivity index (χ4v) is 6.70. The zero-order chi connectivity index (χ0) is 27.6. The number of hydrogen-bond donors (Lipinski definition) is 0. The van der Waals surface area contributed by atoms with Gasteiger partial charge in [-0.1, -0.05) is 86.6 Å². The molecule has 41 heavy (non-hydrogen) atoms. The number of fused-ring (bicyclic) bond motifs is 6. The summed E-state index contributed by atoms with van der Waals surface area (Å²) in [5.74, 6) is 0.922. The Hall–Kier alpha value is -5.15. The highest BCUT2D eigenvalue weighted by molar-refractivity contribution is 6.10. The van der Waals surface area contributed by atoms with Gasteiger partial charge in [-0.2, -0.15) is 0 Å². The van der Waals surface area contributed by atoms with Crippen molar-refractivity contribution in [3.63, 3.8) is 0 Å². The van der Waals surface area contributed by atoms with Gasteiger partial charge in [0.25, 0.3) is 0 Å². The van der Waals surface area contributed by atoms with Crippen LogP contribution in [0.4, 0.5) is 17.1 Å². The Morgan fingerprint density at radius 2 is 1.22 bits per heavy atom. The van der Waals surface area contributed by atoms with Gasteiger partial charge in [0.15, 0.2) is 0 Å². The molecule has 0 fully saturated rings. The Morgan fingerprint density at radius 1 is 0.537 bits per heavy atom. The number of para-hydroxylation sites is 2. The molecule has 0 atom stereocenters. The van der Waals surface area contributed by atoms with Gasteiger partial charge < -0.3 is 4.90 Å². The molecule has 0 amide bonds. The molecule has 0 unspecified atom stereocenters. The lowest BCUT2D eigenvalue weighted by atomic mass is 9.82. The normalized spacial score (nSPS) is 13.3. The lowest BCUT2D eigenvalue weighted by molar-refractivity contribution is 0.660. The average Bonchev–Trinajstić information content (AvgIpc) is 3.47. The van der Waals surface area contributed by atoms with E-state index >= 15 is 0 Å². The summed E-state index contributed by atoms with van der Waals surface area (Å²) in [6, 6.07) is 48.0. The summed E-state index contributed by atoms with van der Waals surface area (Å²) < 4.78 is 2.26. The van der Waals surface area contributed by atoms with E-state index < -0.39 is 0 Å². The summed E-state index contributed by atoms with van der Waals surface area (Å²) in [6.07, 6.45) is 1.86. The zero-order valence-corrected chi connectivity index (χ0v) is 23.1. The largest absolute Gasteiger partial charge is 0.310 e. The quantitative estimate of drug-likeness (QED) is 0.227. The third kappa shape index (κ3) is 3.56. The van der Waals surface area contributed by atoms with Crippen molar-refractivity contribution < 1.29 is 0 Å². The fourth-order valence-electron chi connectivity index (χ4n) is 6.70. The maximum absolute atomic E-state index is 4.69. The second-order valence-corrected chi connectivity index (χ2v) is 11.3. The Morgan fingerprint density at radius 3 is 2.07 bits per heavy atom. The number of anilines is 3. The molecule has 0 saturated heterocycles. The molecule has 3 nitrogen and oxygen atoms in total. The molecule has 2 heterocycles. The summed E-state index contributed by atoms with van der Waals surface area (Å²) in [7, 11) is 0. The van der Waals surface area contributed by atoms with E-state index in [9.17, 15) is 0 Å². The first kappa shape index (κ1) is 23.7. The monoisotopic (exact) mass is 527 g/mol. The van der Waals surface area contributed by atoms with Gasteiger partial charge in [-0.3, -0.25) is 4.57 Å². The molecule has 3 heteroatoms. The maximum atomic E-state index is 4.69. The summed E-state index contributed by atoms with van der Waals surface area (Å²) >= 11 is 0. The van der Waals surface area contributed by atoms with Crippen LogP contribution in [0.15, 0.2) is 140 Å². The van der Waals surface area contributed by atoms with E-state index in [2.05, 4.69) is 145 Å². The lowest BCUT2D eigenvalue weighted by Crippen LogP contribution is -2.15. The van der Waals surface area contributed by atoms with Crippen LogP contribution >= 0.6 is 0 Å². The maximum Gasteiger partial charge on any atom is 0.137 e. The summed E-state index contributed by atoms with van der Waals surface area (Å²) in [6.45, 7) is 4.66. The molecule has 8 rings (SSSR count). The van der Waals surface area contributed by atoms with Gasteiger partial charge in [0.05, 0.1) is 11.0 Å². The van der Waals surface area contributed by atoms with Crippen molar-refractivity contribution in [2.45, 2.75) is 19.3 Å². The van der Waals surface area contributed by atoms with Crippen LogP contribution in [0.1, 0.15) is 25.0 Å². The Kier molecular flexibility index (Phi) is 5.17. The van der Waals surface area contributed by atoms with Crippen LogP contribution in [-0.2, 0) is 5.41 Å². The highest BCUT2D eigenvalue weighted by Gasteiger charge is 2.35. The summed E-state index contributed by atoms with van der Waals surface area (Å²) in [5, 5.41) is 2.42. The van der Waals surface area contributed by atoms with E-state index in [1.165, 1.54) is 33.0 Å². The van der Waals surface area contributed by atoms with Crippen molar-refractivity contribution in [2.24, 2.45) is 0 Å². The van der Waals surface area contributed by atoms with Gasteiger partial charge in [0.2, 0.25) is 0 Å². The molecular formula is C38H29N3. The van der Waals surface area contributed by atoms with Crippen molar-refractivity contribution in [1.29, 1.82) is 0 Å². The van der Waals surface area contributed by atoms with E-state index in [1.807, 2.05) is 18.3 Å². The number of nitrogens with zero attached hydrogens (tertiary/aromatic N) is 3. The molecule has 0 aliphatic heterocycles. The molecule has 0 bridgehead atoms. The van der Waals surface area contributed by atoms with E-state index in [0.717, 1.165) is 33.9 Å². The minimum atomic E-state index is -0.0196. The van der Waals surface area contributed by atoms with Crippen LogP contribution in [0, 0.1) is 0 Å². The first-order valence-electron chi connectivity index (χ1n) is 14.2. The van der Waals surface area contributed by atoms with E-state index in [4.69, 9.17) is 4.98 Å². The molecule has 1 aliphatic carbocycles. The number of pyridine rings is 1. The van der Waals surface area contributed by atoms with Gasteiger partial charge in [-0.05, 0) is 82.9 Å². The van der Waals surface area contributed by atoms with Crippen LogP contribution in [0.2, 0.25) is 0 Å². The SMILES string of the molecule is CC1(C)c2ccccc2-c2cc(N(c3ccccc3)c3ccc4c(c3)c3ccccc3n4-c3ccccn3)ccc21. The van der Waals surface area contributed by atoms with Gasteiger partial charge in [0.1, 0.15) is 5.82 Å². The first-order valence-corrected chi connectivity index (χ1v) is 14.2. The zero-order valence-electron chi connectivity index (χ0n) is 23.1. The number of rotatable bonds is 4. The molecule has 2 aromatic heterocycles. The molecule has 1 aliphatic rings. The van der Waals surface area contributed by atoms with Crippen LogP contribution in [0.5, 0.6) is 0 Å².